The molecule has 0 aliphatic heterocycles. The van der Waals surface area contributed by atoms with Gasteiger partial charge in [0.15, 0.2) is 5.69 Å². The number of nitrogens with zero attached hydrogens (tertiary/aromatic N) is 7. The molecule has 0 radical (unpaired) electrons. The summed E-state index contributed by atoms with van der Waals surface area (Å²) < 4.78 is 5.94. The molecule has 3 N–H and O–H groups in total. The summed E-state index contributed by atoms with van der Waals surface area (Å²) >= 11 is 1.47. The zero-order chi connectivity index (χ0) is 24.1. The number of non-ortho nitro benzene ring substituents is 1. The zero-order valence-electron chi connectivity index (χ0n) is 17.7. The lowest BCUT2D eigenvalue weighted by Gasteiger charge is -2.06. The van der Waals surface area contributed by atoms with Crippen molar-refractivity contribution < 1.29 is 14.3 Å². The minimum Gasteiger partial charge on any atom is -0.378 e. The van der Waals surface area contributed by atoms with E-state index in [1.807, 2.05) is 31.2 Å². The fraction of sp³-hybridized carbons (Fsp3) is 0.100. The molecule has 4 aromatic rings. The van der Waals surface area contributed by atoms with E-state index in [0.29, 0.717) is 17.0 Å². The first-order valence-corrected chi connectivity index (χ1v) is 10.7. The van der Waals surface area contributed by atoms with Gasteiger partial charge in [0.1, 0.15) is 0 Å². The maximum absolute atomic E-state index is 12.8. The van der Waals surface area contributed by atoms with Gasteiger partial charge in [0, 0.05) is 22.8 Å². The number of rotatable bonds is 8. The van der Waals surface area contributed by atoms with E-state index in [9.17, 15) is 14.9 Å². The van der Waals surface area contributed by atoms with Crippen molar-refractivity contribution >= 4 is 35.4 Å². The van der Waals surface area contributed by atoms with Crippen LogP contribution >= 0.6 is 11.8 Å². The van der Waals surface area contributed by atoms with Crippen LogP contribution in [0.1, 0.15) is 27.3 Å². The Labute approximate surface area is 196 Å². The quantitative estimate of drug-likeness (QED) is 0.165. The highest BCUT2D eigenvalue weighted by Crippen LogP contribution is 2.26. The molecule has 2 aromatic heterocycles. The van der Waals surface area contributed by atoms with E-state index in [4.69, 9.17) is 5.73 Å². The molecular weight excluding hydrogens is 462 g/mol. The van der Waals surface area contributed by atoms with Crippen molar-refractivity contribution in [1.82, 2.24) is 30.7 Å². The first-order chi connectivity index (χ1) is 16.4. The summed E-state index contributed by atoms with van der Waals surface area (Å²) in [4.78, 5) is 24.0. The number of anilines is 1. The van der Waals surface area contributed by atoms with Gasteiger partial charge in [0.2, 0.25) is 11.6 Å². The Morgan fingerprint density at radius 1 is 1.24 bits per heavy atom. The zero-order valence-corrected chi connectivity index (χ0v) is 18.5. The second kappa shape index (κ2) is 9.91. The van der Waals surface area contributed by atoms with Crippen LogP contribution in [0.5, 0.6) is 0 Å². The van der Waals surface area contributed by atoms with Crippen LogP contribution < -0.4 is 11.2 Å². The average molecular weight is 479 g/mol. The van der Waals surface area contributed by atoms with Gasteiger partial charge in [0.25, 0.3) is 11.6 Å². The number of carbonyl (C=O) groups excluding carboxylic acids is 1. The highest BCUT2D eigenvalue weighted by molar-refractivity contribution is 7.98. The van der Waals surface area contributed by atoms with Crippen LogP contribution in [0.15, 0.2) is 63.2 Å². The number of aryl methyl sites for hydroxylation is 1. The molecule has 0 unspecified atom stereocenters. The van der Waals surface area contributed by atoms with Gasteiger partial charge < -0.3 is 5.73 Å². The molecule has 0 saturated carbocycles. The third kappa shape index (κ3) is 5.07. The standard InChI is InChI=1S/C20H17N9O4S/c1-12-2-8-15(9-3-12)34-11-16-17(23-27-28(16)19-18(21)25-33-26-19)20(30)24-22-10-13-4-6-14(7-5-13)29(31)32/h2-10H,11H2,1H3,(H2,21,25)(H,24,30). The fourth-order valence-electron chi connectivity index (χ4n) is 2.80. The van der Waals surface area contributed by atoms with Crippen molar-refractivity contribution in [2.75, 3.05) is 5.73 Å². The highest BCUT2D eigenvalue weighted by Gasteiger charge is 2.24. The molecule has 13 nitrogen and oxygen atoms in total. The minimum absolute atomic E-state index is 0.00497. The maximum Gasteiger partial charge on any atom is 0.293 e. The van der Waals surface area contributed by atoms with Crippen LogP contribution in [-0.4, -0.2) is 42.4 Å². The molecule has 0 bridgehead atoms. The van der Waals surface area contributed by atoms with E-state index < -0.39 is 10.8 Å². The Morgan fingerprint density at radius 3 is 2.62 bits per heavy atom. The Hall–Kier alpha value is -4.59. The Kier molecular flexibility index (Phi) is 6.59. The monoisotopic (exact) mass is 479 g/mol. The fourth-order valence-corrected chi connectivity index (χ4v) is 3.69. The molecule has 2 heterocycles. The first-order valence-electron chi connectivity index (χ1n) is 9.72. The van der Waals surface area contributed by atoms with Crippen LogP contribution in [0, 0.1) is 17.0 Å². The third-order valence-corrected chi connectivity index (χ3v) is 5.58. The van der Waals surface area contributed by atoms with Gasteiger partial charge >= 0.3 is 0 Å². The van der Waals surface area contributed by atoms with E-state index >= 15 is 0 Å². The van der Waals surface area contributed by atoms with Gasteiger partial charge in [-0.25, -0.2) is 10.1 Å². The molecular formula is C20H17N9O4S. The SMILES string of the molecule is Cc1ccc(SCc2c(C(=O)NN=Cc3ccc([N+](=O)[O-])cc3)nnn2-c2nonc2N)cc1. The second-order valence-electron chi connectivity index (χ2n) is 6.92. The van der Waals surface area contributed by atoms with Crippen molar-refractivity contribution in [3.05, 3.63) is 81.2 Å². The summed E-state index contributed by atoms with van der Waals surface area (Å²) in [7, 11) is 0. The average Bonchev–Trinajstić information content (AvgIpc) is 3.44. The molecule has 172 valence electrons. The molecule has 34 heavy (non-hydrogen) atoms. The number of aromatic nitrogens is 5. The van der Waals surface area contributed by atoms with Crippen molar-refractivity contribution in [3.63, 3.8) is 0 Å². The summed E-state index contributed by atoms with van der Waals surface area (Å²) in [5.41, 5.74) is 10.3. The van der Waals surface area contributed by atoms with E-state index in [1.165, 1.54) is 46.9 Å². The van der Waals surface area contributed by atoms with Gasteiger partial charge in [-0.15, -0.1) is 16.9 Å². The molecule has 0 aliphatic carbocycles. The van der Waals surface area contributed by atoms with Crippen molar-refractivity contribution in [1.29, 1.82) is 0 Å². The van der Waals surface area contributed by atoms with Crippen LogP contribution in [0.2, 0.25) is 0 Å². The summed E-state index contributed by atoms with van der Waals surface area (Å²) in [6, 6.07) is 13.6. The Bertz CT molecular complexity index is 1350. The third-order valence-electron chi connectivity index (χ3n) is 4.55. The van der Waals surface area contributed by atoms with E-state index in [2.05, 4.69) is 35.8 Å². The summed E-state index contributed by atoms with van der Waals surface area (Å²) in [5, 5.41) is 29.9. The predicted molar refractivity (Wildman–Crippen MR) is 123 cm³/mol. The van der Waals surface area contributed by atoms with Crippen LogP contribution in [-0.2, 0) is 5.75 Å². The molecule has 2 aromatic carbocycles. The smallest absolute Gasteiger partial charge is 0.293 e. The minimum atomic E-state index is -0.612. The van der Waals surface area contributed by atoms with Gasteiger partial charge in [-0.1, -0.05) is 22.9 Å². The maximum atomic E-state index is 12.8. The van der Waals surface area contributed by atoms with Crippen molar-refractivity contribution in [2.24, 2.45) is 5.10 Å². The molecule has 14 heteroatoms. The number of benzene rings is 2. The first kappa shape index (κ1) is 22.6. The summed E-state index contributed by atoms with van der Waals surface area (Å²) in [5.74, 6) is -0.189. The summed E-state index contributed by atoms with van der Waals surface area (Å²) in [6.07, 6.45) is 1.35. The van der Waals surface area contributed by atoms with Crippen LogP contribution in [0.3, 0.4) is 0 Å². The lowest BCUT2D eigenvalue weighted by molar-refractivity contribution is -0.384. The lowest BCUT2D eigenvalue weighted by Crippen LogP contribution is -2.20. The topological polar surface area (TPSA) is 180 Å². The Balaban J connectivity index is 1.54. The number of thioether (sulfide) groups is 1. The number of carbonyl (C=O) groups is 1. The van der Waals surface area contributed by atoms with Crippen LogP contribution in [0.4, 0.5) is 11.5 Å². The number of amides is 1. The number of nitrogens with two attached hydrogens (primary N) is 1. The van der Waals surface area contributed by atoms with Gasteiger partial charge in [-0.3, -0.25) is 14.9 Å². The number of hydrogen-bond donors (Lipinski definition) is 2. The summed E-state index contributed by atoms with van der Waals surface area (Å²) in [6.45, 7) is 1.99. The number of hydrazone groups is 1. The second-order valence-corrected chi connectivity index (χ2v) is 7.97. The number of nitrogens with one attached hydrogen (secondary N) is 1. The number of nitro groups is 1. The van der Waals surface area contributed by atoms with E-state index in [0.717, 1.165) is 10.5 Å². The molecule has 0 aliphatic rings. The van der Waals surface area contributed by atoms with Gasteiger partial charge in [0.05, 0.1) is 16.8 Å². The lowest BCUT2D eigenvalue weighted by atomic mass is 10.2. The molecule has 0 saturated heterocycles. The van der Waals surface area contributed by atoms with Gasteiger partial charge in [-0.05, 0) is 47.1 Å². The van der Waals surface area contributed by atoms with Gasteiger partial charge in [-0.2, -0.15) is 9.78 Å². The molecule has 0 spiro atoms. The van der Waals surface area contributed by atoms with Crippen molar-refractivity contribution in [3.8, 4) is 5.82 Å². The number of nitro benzene ring substituents is 1. The van der Waals surface area contributed by atoms with Crippen LogP contribution in [0.25, 0.3) is 5.82 Å². The molecule has 4 rings (SSSR count). The molecule has 0 fully saturated rings. The molecule has 0 atom stereocenters. The highest BCUT2D eigenvalue weighted by atomic mass is 32.2. The number of nitrogen functional groups attached to an aromatic ring is 1. The number of hydrogen-bond acceptors (Lipinski definition) is 11. The largest absolute Gasteiger partial charge is 0.378 e. The van der Waals surface area contributed by atoms with Crippen molar-refractivity contribution in [2.45, 2.75) is 17.6 Å². The predicted octanol–water partition coefficient (Wildman–Crippen LogP) is 2.51. The van der Waals surface area contributed by atoms with E-state index in [-0.39, 0.29) is 23.0 Å². The molecule has 1 amide bonds. The Morgan fingerprint density at radius 2 is 1.97 bits per heavy atom. The van der Waals surface area contributed by atoms with E-state index in [1.54, 1.807) is 0 Å². The normalized spacial score (nSPS) is 11.1.